The molecule has 1 aliphatic heterocycles. The Morgan fingerprint density at radius 3 is 2.69 bits per heavy atom. The van der Waals surface area contributed by atoms with Gasteiger partial charge in [-0.2, -0.15) is 0 Å². The lowest BCUT2D eigenvalue weighted by molar-refractivity contribution is -0.139. The second-order valence-electron chi connectivity index (χ2n) is 4.26. The molecule has 16 heavy (non-hydrogen) atoms. The molecule has 1 heterocycles. The van der Waals surface area contributed by atoms with E-state index in [1.165, 1.54) is 5.56 Å². The van der Waals surface area contributed by atoms with Crippen LogP contribution in [0.3, 0.4) is 0 Å². The van der Waals surface area contributed by atoms with Crippen molar-refractivity contribution >= 4 is 5.97 Å². The number of hydrogen-bond donors (Lipinski definition) is 2. The Balaban J connectivity index is 2.19. The standard InChI is InChI=1S/C13H17NO2/c1-2-9-3-5-10(6-4-9)11-7-8-14-12(11)13(15)16/h3-6,11-12,14H,2,7-8H2,1H3,(H,15,16). The maximum atomic E-state index is 11.0. The molecule has 0 aliphatic carbocycles. The first-order valence-corrected chi connectivity index (χ1v) is 5.77. The van der Waals surface area contributed by atoms with Gasteiger partial charge in [-0.1, -0.05) is 31.2 Å². The summed E-state index contributed by atoms with van der Waals surface area (Å²) < 4.78 is 0. The summed E-state index contributed by atoms with van der Waals surface area (Å²) in [6.07, 6.45) is 1.92. The topological polar surface area (TPSA) is 49.3 Å². The average molecular weight is 219 g/mol. The summed E-state index contributed by atoms with van der Waals surface area (Å²) in [6, 6.07) is 7.88. The zero-order chi connectivity index (χ0) is 11.5. The maximum absolute atomic E-state index is 11.0. The fraction of sp³-hybridized carbons (Fsp3) is 0.462. The molecular formula is C13H17NO2. The number of nitrogens with one attached hydrogen (secondary N) is 1. The Morgan fingerprint density at radius 2 is 2.12 bits per heavy atom. The van der Waals surface area contributed by atoms with Gasteiger partial charge in [0.2, 0.25) is 0 Å². The summed E-state index contributed by atoms with van der Waals surface area (Å²) in [6.45, 7) is 2.91. The first-order chi connectivity index (χ1) is 7.72. The number of aliphatic carboxylic acids is 1. The van der Waals surface area contributed by atoms with E-state index in [4.69, 9.17) is 5.11 Å². The minimum absolute atomic E-state index is 0.114. The third-order valence-corrected chi connectivity index (χ3v) is 3.30. The summed E-state index contributed by atoms with van der Waals surface area (Å²) in [5.74, 6) is -0.634. The number of rotatable bonds is 3. The molecule has 2 atom stereocenters. The van der Waals surface area contributed by atoms with Gasteiger partial charge >= 0.3 is 5.97 Å². The molecule has 1 saturated heterocycles. The zero-order valence-corrected chi connectivity index (χ0v) is 9.44. The van der Waals surface area contributed by atoms with Crippen LogP contribution in [0.1, 0.15) is 30.4 Å². The SMILES string of the molecule is CCc1ccc(C2CCNC2C(=O)O)cc1. The largest absolute Gasteiger partial charge is 0.480 e. The zero-order valence-electron chi connectivity index (χ0n) is 9.44. The predicted octanol–water partition coefficient (Wildman–Crippen LogP) is 1.78. The molecule has 2 N–H and O–H groups in total. The monoisotopic (exact) mass is 219 g/mol. The molecule has 0 amide bonds. The lowest BCUT2D eigenvalue weighted by Crippen LogP contribution is -2.34. The fourth-order valence-electron chi connectivity index (χ4n) is 2.32. The van der Waals surface area contributed by atoms with E-state index in [2.05, 4.69) is 36.5 Å². The normalized spacial score (nSPS) is 24.6. The Morgan fingerprint density at radius 1 is 1.44 bits per heavy atom. The molecule has 2 rings (SSSR count). The molecule has 1 aliphatic rings. The minimum Gasteiger partial charge on any atom is -0.480 e. The van der Waals surface area contributed by atoms with Gasteiger partial charge in [0.25, 0.3) is 0 Å². The second kappa shape index (κ2) is 4.66. The van der Waals surface area contributed by atoms with Gasteiger partial charge in [-0.25, -0.2) is 0 Å². The van der Waals surface area contributed by atoms with Crippen LogP contribution in [-0.4, -0.2) is 23.7 Å². The highest BCUT2D eigenvalue weighted by Gasteiger charge is 2.33. The molecule has 3 nitrogen and oxygen atoms in total. The molecule has 0 radical (unpaired) electrons. The number of carbonyl (C=O) groups is 1. The van der Waals surface area contributed by atoms with Gasteiger partial charge in [-0.15, -0.1) is 0 Å². The van der Waals surface area contributed by atoms with Crippen LogP contribution in [0.25, 0.3) is 0 Å². The average Bonchev–Trinajstić information content (AvgIpc) is 2.78. The third kappa shape index (κ3) is 2.09. The molecule has 0 saturated carbocycles. The van der Waals surface area contributed by atoms with Gasteiger partial charge in [-0.3, -0.25) is 4.79 Å². The summed E-state index contributed by atoms with van der Waals surface area (Å²) in [5.41, 5.74) is 2.43. The van der Waals surface area contributed by atoms with Gasteiger partial charge in [0, 0.05) is 5.92 Å². The van der Waals surface area contributed by atoms with E-state index in [-0.39, 0.29) is 5.92 Å². The molecule has 0 aromatic heterocycles. The summed E-state index contributed by atoms with van der Waals surface area (Å²) in [5, 5.41) is 12.1. The van der Waals surface area contributed by atoms with Crippen molar-refractivity contribution in [3.63, 3.8) is 0 Å². The maximum Gasteiger partial charge on any atom is 0.321 e. The molecular weight excluding hydrogens is 202 g/mol. The van der Waals surface area contributed by atoms with Crippen molar-refractivity contribution in [1.29, 1.82) is 0 Å². The Hall–Kier alpha value is -1.35. The first kappa shape index (κ1) is 11.1. The van der Waals surface area contributed by atoms with Gasteiger partial charge in [0.1, 0.15) is 6.04 Å². The van der Waals surface area contributed by atoms with Crippen molar-refractivity contribution in [3.8, 4) is 0 Å². The van der Waals surface area contributed by atoms with E-state index in [0.717, 1.165) is 24.9 Å². The highest BCUT2D eigenvalue weighted by atomic mass is 16.4. The lowest BCUT2D eigenvalue weighted by Gasteiger charge is -2.16. The number of carboxylic acid groups (broad SMARTS) is 1. The number of aryl methyl sites for hydroxylation is 1. The van der Waals surface area contributed by atoms with Crippen molar-refractivity contribution < 1.29 is 9.90 Å². The molecule has 86 valence electrons. The summed E-state index contributed by atoms with van der Waals surface area (Å²) in [7, 11) is 0. The lowest BCUT2D eigenvalue weighted by atomic mass is 9.91. The van der Waals surface area contributed by atoms with E-state index >= 15 is 0 Å². The van der Waals surface area contributed by atoms with Crippen LogP contribution in [0.5, 0.6) is 0 Å². The molecule has 2 unspecified atom stereocenters. The third-order valence-electron chi connectivity index (χ3n) is 3.30. The van der Waals surface area contributed by atoms with Crippen LogP contribution in [0.4, 0.5) is 0 Å². The first-order valence-electron chi connectivity index (χ1n) is 5.77. The fourth-order valence-corrected chi connectivity index (χ4v) is 2.32. The van der Waals surface area contributed by atoms with Crippen LogP contribution in [0.15, 0.2) is 24.3 Å². The summed E-state index contributed by atoms with van der Waals surface area (Å²) >= 11 is 0. The minimum atomic E-state index is -0.748. The van der Waals surface area contributed by atoms with Crippen LogP contribution in [0, 0.1) is 0 Å². The van der Waals surface area contributed by atoms with Crippen LogP contribution in [0.2, 0.25) is 0 Å². The number of hydrogen-bond acceptors (Lipinski definition) is 2. The van der Waals surface area contributed by atoms with E-state index in [1.54, 1.807) is 0 Å². The molecule has 3 heteroatoms. The van der Waals surface area contributed by atoms with Crippen molar-refractivity contribution in [1.82, 2.24) is 5.32 Å². The number of carboxylic acids is 1. The predicted molar refractivity (Wildman–Crippen MR) is 62.6 cm³/mol. The molecule has 1 aromatic rings. The highest BCUT2D eigenvalue weighted by Crippen LogP contribution is 2.28. The van der Waals surface area contributed by atoms with E-state index in [1.807, 2.05) is 0 Å². The van der Waals surface area contributed by atoms with Crippen molar-refractivity contribution in [3.05, 3.63) is 35.4 Å². The van der Waals surface area contributed by atoms with Crippen molar-refractivity contribution in [2.24, 2.45) is 0 Å². The van der Waals surface area contributed by atoms with E-state index in [0.29, 0.717) is 0 Å². The van der Waals surface area contributed by atoms with Gasteiger partial charge in [0.05, 0.1) is 0 Å². The number of benzene rings is 1. The van der Waals surface area contributed by atoms with E-state index < -0.39 is 12.0 Å². The molecule has 0 bridgehead atoms. The Bertz CT molecular complexity index is 372. The summed E-state index contributed by atoms with van der Waals surface area (Å²) in [4.78, 5) is 11.0. The Kier molecular flexibility index (Phi) is 3.25. The van der Waals surface area contributed by atoms with Gasteiger partial charge in [-0.05, 0) is 30.5 Å². The smallest absolute Gasteiger partial charge is 0.321 e. The van der Waals surface area contributed by atoms with Crippen LogP contribution in [-0.2, 0) is 11.2 Å². The quantitative estimate of drug-likeness (QED) is 0.814. The van der Waals surface area contributed by atoms with Crippen molar-refractivity contribution in [2.45, 2.75) is 31.7 Å². The van der Waals surface area contributed by atoms with Crippen LogP contribution >= 0.6 is 0 Å². The molecule has 0 spiro atoms. The van der Waals surface area contributed by atoms with Gasteiger partial charge < -0.3 is 10.4 Å². The van der Waals surface area contributed by atoms with E-state index in [9.17, 15) is 4.79 Å². The van der Waals surface area contributed by atoms with Crippen molar-refractivity contribution in [2.75, 3.05) is 6.54 Å². The second-order valence-corrected chi connectivity index (χ2v) is 4.26. The Labute approximate surface area is 95.5 Å². The van der Waals surface area contributed by atoms with Gasteiger partial charge in [0.15, 0.2) is 0 Å². The van der Waals surface area contributed by atoms with Crippen LogP contribution < -0.4 is 5.32 Å². The highest BCUT2D eigenvalue weighted by molar-refractivity contribution is 5.75. The molecule has 1 fully saturated rings. The molecule has 1 aromatic carbocycles.